The molecular formula is C15H17N5. The highest BCUT2D eigenvalue weighted by Gasteiger charge is 2.07. The number of pyridine rings is 1. The second kappa shape index (κ2) is 4.85. The van der Waals surface area contributed by atoms with E-state index < -0.39 is 0 Å². The van der Waals surface area contributed by atoms with E-state index in [0.29, 0.717) is 0 Å². The van der Waals surface area contributed by atoms with Crippen LogP contribution in [0.25, 0.3) is 10.9 Å². The van der Waals surface area contributed by atoms with E-state index in [1.54, 1.807) is 6.20 Å². The molecule has 1 aromatic carbocycles. The molecular weight excluding hydrogens is 250 g/mol. The lowest BCUT2D eigenvalue weighted by atomic mass is 10.1. The molecule has 2 aromatic heterocycles. The Balaban J connectivity index is 1.92. The van der Waals surface area contributed by atoms with Gasteiger partial charge in [-0.15, -0.1) is 0 Å². The van der Waals surface area contributed by atoms with Crippen LogP contribution in [-0.2, 0) is 13.6 Å². The zero-order valence-corrected chi connectivity index (χ0v) is 11.6. The maximum atomic E-state index is 5.98. The van der Waals surface area contributed by atoms with Crippen LogP contribution in [0.5, 0.6) is 0 Å². The summed E-state index contributed by atoms with van der Waals surface area (Å²) in [5.41, 5.74) is 10.9. The Morgan fingerprint density at radius 3 is 2.90 bits per heavy atom. The number of hydrogen-bond acceptors (Lipinski definition) is 4. The van der Waals surface area contributed by atoms with Gasteiger partial charge in [-0.05, 0) is 31.2 Å². The molecule has 20 heavy (non-hydrogen) atoms. The highest BCUT2D eigenvalue weighted by molar-refractivity contribution is 5.98. The fourth-order valence-electron chi connectivity index (χ4n) is 2.25. The van der Waals surface area contributed by atoms with Crippen LogP contribution in [0.1, 0.15) is 11.3 Å². The molecule has 0 fully saturated rings. The number of benzene rings is 1. The van der Waals surface area contributed by atoms with Crippen LogP contribution >= 0.6 is 0 Å². The summed E-state index contributed by atoms with van der Waals surface area (Å²) in [5, 5.41) is 8.63. The topological polar surface area (TPSA) is 68.8 Å². The fourth-order valence-corrected chi connectivity index (χ4v) is 2.25. The Morgan fingerprint density at radius 1 is 1.30 bits per heavy atom. The first kappa shape index (κ1) is 12.5. The van der Waals surface area contributed by atoms with E-state index in [-0.39, 0.29) is 0 Å². The van der Waals surface area contributed by atoms with E-state index in [1.807, 2.05) is 42.2 Å². The molecule has 0 amide bonds. The van der Waals surface area contributed by atoms with Gasteiger partial charge in [-0.1, -0.05) is 0 Å². The molecule has 0 spiro atoms. The molecule has 0 radical (unpaired) electrons. The molecule has 0 bridgehead atoms. The van der Waals surface area contributed by atoms with Crippen molar-refractivity contribution in [3.63, 3.8) is 0 Å². The molecule has 5 nitrogen and oxygen atoms in total. The molecule has 3 rings (SSSR count). The first-order chi connectivity index (χ1) is 9.66. The van der Waals surface area contributed by atoms with Crippen molar-refractivity contribution in [1.29, 1.82) is 0 Å². The molecule has 102 valence electrons. The summed E-state index contributed by atoms with van der Waals surface area (Å²) < 4.78 is 1.87. The highest BCUT2D eigenvalue weighted by atomic mass is 15.3. The zero-order valence-electron chi connectivity index (χ0n) is 11.6. The van der Waals surface area contributed by atoms with E-state index in [9.17, 15) is 0 Å². The Labute approximate surface area is 117 Å². The van der Waals surface area contributed by atoms with Gasteiger partial charge >= 0.3 is 0 Å². The number of nitrogen functional groups attached to an aromatic ring is 1. The number of aryl methyl sites for hydroxylation is 1. The van der Waals surface area contributed by atoms with Crippen molar-refractivity contribution < 1.29 is 0 Å². The van der Waals surface area contributed by atoms with Gasteiger partial charge in [-0.2, -0.15) is 5.10 Å². The van der Waals surface area contributed by atoms with Crippen LogP contribution < -0.4 is 11.1 Å². The van der Waals surface area contributed by atoms with Gasteiger partial charge in [0, 0.05) is 42.1 Å². The van der Waals surface area contributed by atoms with Crippen LogP contribution in [0.2, 0.25) is 0 Å². The molecule has 0 aliphatic carbocycles. The standard InChI is InChI=1S/C15H17N5/c1-10-11(9-19-20(10)2)8-18-14-6-5-13(16)12-4-3-7-17-15(12)14/h3-7,9,18H,8,16H2,1-2H3. The van der Waals surface area contributed by atoms with E-state index in [0.717, 1.165) is 34.5 Å². The molecule has 0 unspecified atom stereocenters. The number of nitrogens with one attached hydrogen (secondary N) is 1. The largest absolute Gasteiger partial charge is 0.398 e. The van der Waals surface area contributed by atoms with Crippen LogP contribution in [0.15, 0.2) is 36.7 Å². The molecule has 0 atom stereocenters. The lowest BCUT2D eigenvalue weighted by Crippen LogP contribution is -2.03. The van der Waals surface area contributed by atoms with Crippen molar-refractivity contribution in [2.24, 2.45) is 7.05 Å². The second-order valence-electron chi connectivity index (χ2n) is 4.83. The fraction of sp³-hybridized carbons (Fsp3) is 0.200. The number of hydrogen-bond donors (Lipinski definition) is 2. The van der Waals surface area contributed by atoms with E-state index in [2.05, 4.69) is 22.3 Å². The van der Waals surface area contributed by atoms with Gasteiger partial charge in [0.15, 0.2) is 0 Å². The van der Waals surface area contributed by atoms with E-state index in [1.165, 1.54) is 5.56 Å². The molecule has 5 heteroatoms. The third-order valence-corrected chi connectivity index (χ3v) is 3.61. The Bertz CT molecular complexity index is 760. The third kappa shape index (κ3) is 2.07. The van der Waals surface area contributed by atoms with Gasteiger partial charge in [0.2, 0.25) is 0 Å². The molecule has 3 N–H and O–H groups in total. The van der Waals surface area contributed by atoms with Gasteiger partial charge in [0.25, 0.3) is 0 Å². The van der Waals surface area contributed by atoms with E-state index >= 15 is 0 Å². The minimum atomic E-state index is 0.718. The number of nitrogens with zero attached hydrogens (tertiary/aromatic N) is 3. The Kier molecular flexibility index (Phi) is 3.02. The van der Waals surface area contributed by atoms with Gasteiger partial charge < -0.3 is 11.1 Å². The van der Waals surface area contributed by atoms with Crippen molar-refractivity contribution in [3.8, 4) is 0 Å². The monoisotopic (exact) mass is 267 g/mol. The number of anilines is 2. The normalized spacial score (nSPS) is 10.9. The second-order valence-corrected chi connectivity index (χ2v) is 4.83. The number of rotatable bonds is 3. The average Bonchev–Trinajstić information content (AvgIpc) is 2.79. The van der Waals surface area contributed by atoms with Gasteiger partial charge in [-0.3, -0.25) is 9.67 Å². The number of fused-ring (bicyclic) bond motifs is 1. The Hall–Kier alpha value is -2.56. The van der Waals surface area contributed by atoms with Crippen molar-refractivity contribution >= 4 is 22.3 Å². The summed E-state index contributed by atoms with van der Waals surface area (Å²) in [6.07, 6.45) is 3.66. The quantitative estimate of drug-likeness (QED) is 0.715. The summed E-state index contributed by atoms with van der Waals surface area (Å²) in [5.74, 6) is 0. The Morgan fingerprint density at radius 2 is 2.15 bits per heavy atom. The maximum absolute atomic E-state index is 5.98. The number of aromatic nitrogens is 3. The minimum absolute atomic E-state index is 0.718. The highest BCUT2D eigenvalue weighted by Crippen LogP contribution is 2.26. The molecule has 0 saturated carbocycles. The van der Waals surface area contributed by atoms with E-state index in [4.69, 9.17) is 5.73 Å². The number of nitrogens with two attached hydrogens (primary N) is 1. The third-order valence-electron chi connectivity index (χ3n) is 3.61. The van der Waals surface area contributed by atoms with Crippen molar-refractivity contribution in [3.05, 3.63) is 47.9 Å². The van der Waals surface area contributed by atoms with Crippen LogP contribution in [0, 0.1) is 6.92 Å². The van der Waals surface area contributed by atoms with Crippen LogP contribution in [-0.4, -0.2) is 14.8 Å². The maximum Gasteiger partial charge on any atom is 0.0953 e. The first-order valence-electron chi connectivity index (χ1n) is 6.51. The lowest BCUT2D eigenvalue weighted by molar-refractivity contribution is 0.738. The summed E-state index contributed by atoms with van der Waals surface area (Å²) in [6, 6.07) is 7.75. The first-order valence-corrected chi connectivity index (χ1v) is 6.51. The predicted octanol–water partition coefficient (Wildman–Crippen LogP) is 2.47. The minimum Gasteiger partial charge on any atom is -0.398 e. The molecule has 0 aliphatic rings. The van der Waals surface area contributed by atoms with Crippen molar-refractivity contribution in [1.82, 2.24) is 14.8 Å². The molecule has 0 saturated heterocycles. The summed E-state index contributed by atoms with van der Waals surface area (Å²) in [7, 11) is 1.94. The predicted molar refractivity (Wildman–Crippen MR) is 81.4 cm³/mol. The summed E-state index contributed by atoms with van der Waals surface area (Å²) >= 11 is 0. The van der Waals surface area contributed by atoms with Gasteiger partial charge in [0.1, 0.15) is 0 Å². The zero-order chi connectivity index (χ0) is 14.1. The average molecular weight is 267 g/mol. The van der Waals surface area contributed by atoms with Gasteiger partial charge in [-0.25, -0.2) is 0 Å². The molecule has 0 aliphatic heterocycles. The van der Waals surface area contributed by atoms with Gasteiger partial charge in [0.05, 0.1) is 17.4 Å². The molecule has 3 aromatic rings. The van der Waals surface area contributed by atoms with Crippen molar-refractivity contribution in [2.45, 2.75) is 13.5 Å². The SMILES string of the molecule is Cc1c(CNc2ccc(N)c3cccnc23)cnn1C. The summed E-state index contributed by atoms with van der Waals surface area (Å²) in [6.45, 7) is 2.78. The smallest absolute Gasteiger partial charge is 0.0953 e. The molecule has 2 heterocycles. The summed E-state index contributed by atoms with van der Waals surface area (Å²) in [4.78, 5) is 4.42. The van der Waals surface area contributed by atoms with Crippen LogP contribution in [0.4, 0.5) is 11.4 Å². The lowest BCUT2D eigenvalue weighted by Gasteiger charge is -2.10. The van der Waals surface area contributed by atoms with Crippen molar-refractivity contribution in [2.75, 3.05) is 11.1 Å². The van der Waals surface area contributed by atoms with Crippen LogP contribution in [0.3, 0.4) is 0 Å².